The average Bonchev–Trinajstić information content (AvgIpc) is 3.71. The van der Waals surface area contributed by atoms with Crippen LogP contribution in [0.2, 0.25) is 0 Å². The number of nitrogens with zero attached hydrogens (tertiary/aromatic N) is 8. The van der Waals surface area contributed by atoms with Gasteiger partial charge in [0, 0.05) is 22.6 Å². The third-order valence-electron chi connectivity index (χ3n) is 6.81. The van der Waals surface area contributed by atoms with E-state index in [2.05, 4.69) is 40.5 Å². The molecule has 6 rings (SSSR count). The number of carboxylic acids is 1. The van der Waals surface area contributed by atoms with Crippen LogP contribution in [0.1, 0.15) is 27.8 Å². The Morgan fingerprint density at radius 1 is 1.24 bits per heavy atom. The van der Waals surface area contributed by atoms with Crippen LogP contribution in [0, 0.1) is 6.92 Å². The predicted molar refractivity (Wildman–Crippen MR) is 170 cm³/mol. The van der Waals surface area contributed by atoms with Crippen LogP contribution in [0.4, 0.5) is 5.13 Å². The minimum Gasteiger partial charge on any atom is -0.502 e. The summed E-state index contributed by atoms with van der Waals surface area (Å²) in [6.45, 7) is 1.30. The lowest BCUT2D eigenvalue weighted by Crippen LogP contribution is -2.71. The molecule has 0 aliphatic carbocycles. The first-order chi connectivity index (χ1) is 23.4. The van der Waals surface area contributed by atoms with Crippen LogP contribution in [-0.2, 0) is 25.8 Å². The number of anilines is 1. The van der Waals surface area contributed by atoms with Gasteiger partial charge in [-0.1, -0.05) is 5.16 Å². The van der Waals surface area contributed by atoms with Crippen LogP contribution < -0.4 is 22.1 Å². The van der Waals surface area contributed by atoms with Gasteiger partial charge in [0.2, 0.25) is 5.82 Å². The Morgan fingerprint density at radius 2 is 2.04 bits per heavy atom. The number of carbonyl (C=O) groups excluding carboxylic acids is 3. The predicted octanol–water partition coefficient (Wildman–Crippen LogP) is -1.17. The first-order valence-corrected chi connectivity index (χ1v) is 16.6. The standard InChI is InChI=1S/C25H22N12O9S3/c1-8-2-13(37-25(28-8)32-17(33-37)20(41)34-45)47-5-9-6-48-22-15(21(42)36(22)16(9)23(43)44)31-19(40)14(10-7-49-24(26)29-10)35-46-4-12-27-3-11(38)18(39)30-12/h2-3,7,15,22,38,45H,4-6H2,1H3,(H2,26,29)(H,31,40)(H,34,41)(H,43,44)(H,27,30,39)/b35-14-/t15-,22-/m1/s1. The number of aromatic hydroxyl groups is 1. The molecular weight excluding hydrogens is 709 g/mol. The smallest absolute Gasteiger partial charge is 0.352 e. The minimum absolute atomic E-state index is 0.00176. The zero-order chi connectivity index (χ0) is 35.0. The molecule has 49 heavy (non-hydrogen) atoms. The van der Waals surface area contributed by atoms with Gasteiger partial charge in [-0.25, -0.2) is 20.2 Å². The SMILES string of the molecule is Cc1cc(SCC2=C(C(=O)O)N3C(=O)[C@@H](NC(=O)/C(=N\OCc4nc(=O)c(O)c[nH]4)c4csc(N)n4)[C@H]3SC2)n2nc(C(=O)NO)nc2n1. The maximum absolute atomic E-state index is 13.4. The highest BCUT2D eigenvalue weighted by Gasteiger charge is 2.54. The molecule has 21 nitrogen and oxygen atoms in total. The van der Waals surface area contributed by atoms with Crippen molar-refractivity contribution in [1.82, 2.24) is 50.2 Å². The number of hydrogen-bond donors (Lipinski definition) is 7. The Balaban J connectivity index is 1.18. The molecule has 2 atom stereocenters. The first-order valence-electron chi connectivity index (χ1n) is 13.7. The van der Waals surface area contributed by atoms with E-state index in [4.69, 9.17) is 15.8 Å². The fourth-order valence-corrected chi connectivity index (χ4v) is 7.71. The van der Waals surface area contributed by atoms with E-state index in [1.807, 2.05) is 0 Å². The molecule has 1 fully saturated rings. The fourth-order valence-electron chi connectivity index (χ4n) is 4.63. The van der Waals surface area contributed by atoms with Gasteiger partial charge in [0.05, 0.1) is 6.20 Å². The number of β-lactam (4-membered cyclic amide) rings is 1. The highest BCUT2D eigenvalue weighted by Crippen LogP contribution is 2.41. The van der Waals surface area contributed by atoms with Crippen molar-refractivity contribution in [2.75, 3.05) is 17.2 Å². The number of carboxylic acid groups (broad SMARTS) is 1. The lowest BCUT2D eigenvalue weighted by atomic mass is 10.0. The molecule has 8 N–H and O–H groups in total. The van der Waals surface area contributed by atoms with Crippen molar-refractivity contribution in [3.8, 4) is 5.75 Å². The molecule has 2 aliphatic rings. The Kier molecular flexibility index (Phi) is 9.18. The van der Waals surface area contributed by atoms with Crippen LogP contribution in [0.15, 0.2) is 43.9 Å². The monoisotopic (exact) mass is 730 g/mol. The molecule has 4 aromatic heterocycles. The molecule has 4 aromatic rings. The number of hydroxylamine groups is 1. The van der Waals surface area contributed by atoms with Crippen LogP contribution in [0.3, 0.4) is 0 Å². The van der Waals surface area contributed by atoms with Gasteiger partial charge in [-0.05, 0) is 18.6 Å². The van der Waals surface area contributed by atoms with Gasteiger partial charge in [0.1, 0.15) is 27.8 Å². The number of H-pyrrole nitrogens is 1. The maximum Gasteiger partial charge on any atom is 0.352 e. The summed E-state index contributed by atoms with van der Waals surface area (Å²) in [6.07, 6.45) is 1.01. The normalized spacial score (nSPS) is 17.5. The van der Waals surface area contributed by atoms with Gasteiger partial charge in [-0.2, -0.15) is 14.5 Å². The van der Waals surface area contributed by atoms with Gasteiger partial charge in [-0.15, -0.1) is 40.0 Å². The summed E-state index contributed by atoms with van der Waals surface area (Å²) in [5, 5.41) is 40.2. The minimum atomic E-state index is -1.34. The first kappa shape index (κ1) is 33.3. The number of amides is 3. The number of carbonyl (C=O) groups is 4. The summed E-state index contributed by atoms with van der Waals surface area (Å²) < 4.78 is 1.28. The maximum atomic E-state index is 13.4. The topological polar surface area (TPSA) is 306 Å². The number of nitrogens with two attached hydrogens (primary N) is 1. The van der Waals surface area contributed by atoms with Crippen molar-refractivity contribution < 1.29 is 39.4 Å². The van der Waals surface area contributed by atoms with Crippen molar-refractivity contribution in [2.24, 2.45) is 5.16 Å². The Morgan fingerprint density at radius 3 is 2.73 bits per heavy atom. The van der Waals surface area contributed by atoms with Gasteiger partial charge < -0.3 is 31.1 Å². The van der Waals surface area contributed by atoms with Crippen LogP contribution in [0.5, 0.6) is 5.75 Å². The van der Waals surface area contributed by atoms with E-state index in [-0.39, 0.29) is 51.2 Å². The average molecular weight is 731 g/mol. The van der Waals surface area contributed by atoms with Crippen LogP contribution in [-0.4, -0.2) is 107 Å². The molecular formula is C25H22N12O9S3. The third-order valence-corrected chi connectivity index (χ3v) is 9.90. The van der Waals surface area contributed by atoms with Crippen LogP contribution >= 0.6 is 34.9 Å². The summed E-state index contributed by atoms with van der Waals surface area (Å²) in [5.74, 6) is -4.34. The highest BCUT2D eigenvalue weighted by molar-refractivity contribution is 8.01. The third kappa shape index (κ3) is 6.60. The molecule has 3 amide bonds. The molecule has 0 unspecified atom stereocenters. The fraction of sp³-hybridized carbons (Fsp3) is 0.240. The van der Waals surface area contributed by atoms with E-state index in [9.17, 15) is 34.2 Å². The molecule has 254 valence electrons. The zero-order valence-corrected chi connectivity index (χ0v) is 27.1. The number of aromatic amines is 1. The number of thiazole rings is 1. The summed E-state index contributed by atoms with van der Waals surface area (Å²) in [5.41, 5.74) is 6.71. The highest BCUT2D eigenvalue weighted by atomic mass is 32.2. The van der Waals surface area contributed by atoms with E-state index >= 15 is 0 Å². The summed E-state index contributed by atoms with van der Waals surface area (Å²) in [6, 6.07) is 0.540. The Hall–Kier alpha value is -5.59. The second-order valence-electron chi connectivity index (χ2n) is 10.1. The lowest BCUT2D eigenvalue weighted by Gasteiger charge is -2.49. The number of nitrogen functional groups attached to an aromatic ring is 1. The largest absolute Gasteiger partial charge is 0.502 e. The van der Waals surface area contributed by atoms with Gasteiger partial charge >= 0.3 is 17.4 Å². The van der Waals surface area contributed by atoms with Gasteiger partial charge in [-0.3, -0.25) is 29.3 Å². The summed E-state index contributed by atoms with van der Waals surface area (Å²) in [7, 11) is 0. The Bertz CT molecular complexity index is 2150. The molecule has 6 heterocycles. The molecule has 24 heteroatoms. The second-order valence-corrected chi connectivity index (χ2v) is 13.0. The number of aryl methyl sites for hydroxylation is 1. The molecule has 0 bridgehead atoms. The number of aliphatic carboxylic acids is 1. The zero-order valence-electron chi connectivity index (χ0n) is 24.7. The van der Waals surface area contributed by atoms with E-state index in [1.165, 1.54) is 38.9 Å². The molecule has 0 saturated carbocycles. The van der Waals surface area contributed by atoms with E-state index in [0.717, 1.165) is 22.4 Å². The summed E-state index contributed by atoms with van der Waals surface area (Å²) >= 11 is 3.44. The number of hydrogen-bond acceptors (Lipinski definition) is 18. The molecule has 0 aromatic carbocycles. The number of rotatable bonds is 11. The van der Waals surface area contributed by atoms with Crippen molar-refractivity contribution in [3.63, 3.8) is 0 Å². The van der Waals surface area contributed by atoms with Crippen molar-refractivity contribution in [1.29, 1.82) is 0 Å². The van der Waals surface area contributed by atoms with Crippen molar-refractivity contribution >= 4 is 75.2 Å². The lowest BCUT2D eigenvalue weighted by molar-refractivity contribution is -0.150. The van der Waals surface area contributed by atoms with Gasteiger partial charge in [0.15, 0.2) is 29.0 Å². The quantitative estimate of drug-likeness (QED) is 0.0239. The Labute approximate surface area is 284 Å². The number of nitrogens with one attached hydrogen (secondary N) is 3. The van der Waals surface area contributed by atoms with Gasteiger partial charge in [0.25, 0.3) is 17.6 Å². The molecule has 2 aliphatic heterocycles. The number of aromatic nitrogens is 7. The molecule has 0 spiro atoms. The number of fused-ring (bicyclic) bond motifs is 2. The van der Waals surface area contributed by atoms with Crippen molar-refractivity contribution in [3.05, 3.63) is 62.3 Å². The number of oxime groups is 1. The van der Waals surface area contributed by atoms with Crippen LogP contribution in [0.25, 0.3) is 5.78 Å². The molecule has 1 saturated heterocycles. The molecule has 0 radical (unpaired) electrons. The second kappa shape index (κ2) is 13.5. The van der Waals surface area contributed by atoms with E-state index in [0.29, 0.717) is 16.3 Å². The van der Waals surface area contributed by atoms with Crippen molar-refractivity contribution in [2.45, 2.75) is 30.0 Å². The summed E-state index contributed by atoms with van der Waals surface area (Å²) in [4.78, 5) is 87.2. The number of thioether (sulfide) groups is 2. The van der Waals surface area contributed by atoms with E-state index in [1.54, 1.807) is 13.0 Å². The van der Waals surface area contributed by atoms with E-state index < -0.39 is 53.0 Å².